The van der Waals surface area contributed by atoms with Crippen molar-refractivity contribution in [2.24, 2.45) is 0 Å². The molecule has 0 aliphatic carbocycles. The van der Waals surface area contributed by atoms with E-state index in [0.717, 1.165) is 6.42 Å². The van der Waals surface area contributed by atoms with E-state index in [-0.39, 0.29) is 21.1 Å². The second-order valence-corrected chi connectivity index (χ2v) is 1.70. The number of hydrogen-bond acceptors (Lipinski definition) is 1. The number of unbranched alkanes of at least 4 members (excludes halogenated alkanes) is 3. The Morgan fingerprint density at radius 1 is 1.38 bits per heavy atom. The summed E-state index contributed by atoms with van der Waals surface area (Å²) in [6, 6.07) is 0. The molecule has 0 heterocycles. The summed E-state index contributed by atoms with van der Waals surface area (Å²) in [7, 11) is 0. The summed E-state index contributed by atoms with van der Waals surface area (Å²) < 4.78 is 0. The molecule has 8 heavy (non-hydrogen) atoms. The number of rotatable bonds is 4. The van der Waals surface area contributed by atoms with Crippen LogP contribution >= 0.6 is 0 Å². The van der Waals surface area contributed by atoms with Gasteiger partial charge in [0.25, 0.3) is 0 Å². The molecule has 0 saturated heterocycles. The van der Waals surface area contributed by atoms with Crippen LogP contribution in [0.4, 0.5) is 0 Å². The van der Waals surface area contributed by atoms with E-state index < -0.39 is 0 Å². The quantitative estimate of drug-likeness (QED) is 0.607. The molecule has 0 rings (SSSR count). The molecule has 0 saturated carbocycles. The molecule has 1 nitrogen and oxygen atoms in total. The Labute approximate surface area is 65.6 Å². The van der Waals surface area contributed by atoms with Gasteiger partial charge in [-0.25, -0.2) is 0 Å². The van der Waals surface area contributed by atoms with E-state index in [1.165, 1.54) is 25.5 Å². The summed E-state index contributed by atoms with van der Waals surface area (Å²) in [6.45, 7) is 2.17. The first-order valence-electron chi connectivity index (χ1n) is 2.90. The Balaban J connectivity index is 0. The van der Waals surface area contributed by atoms with Crippen molar-refractivity contribution in [2.45, 2.75) is 32.6 Å². The Morgan fingerprint density at radius 2 is 2.00 bits per heavy atom. The predicted molar refractivity (Wildman–Crippen MR) is 32.9 cm³/mol. The first-order chi connectivity index (χ1) is 3.41. The second kappa shape index (κ2) is 10.4. The zero-order chi connectivity index (χ0) is 5.54. The van der Waals surface area contributed by atoms with Crippen LogP contribution in [-0.4, -0.2) is 6.21 Å². The van der Waals surface area contributed by atoms with Gasteiger partial charge in [0.1, 0.15) is 0 Å². The van der Waals surface area contributed by atoms with Crippen molar-refractivity contribution in [1.82, 2.24) is 0 Å². The van der Waals surface area contributed by atoms with Gasteiger partial charge in [-0.05, 0) is 19.1 Å². The predicted octanol–water partition coefficient (Wildman–Crippen LogP) is 2.21. The molecule has 1 N–H and O–H groups in total. The first kappa shape index (κ1) is 11.2. The molecule has 0 fully saturated rings. The Hall–Kier alpha value is 0.358. The fourth-order valence-corrected chi connectivity index (χ4v) is 0.496. The monoisotopic (exact) mass is 294 g/mol. The maximum absolute atomic E-state index is 6.66. The fourth-order valence-electron chi connectivity index (χ4n) is 0.496. The molecule has 2 heteroatoms. The molecule has 0 bridgehead atoms. The largest absolute Gasteiger partial charge is 4.00 e. The van der Waals surface area contributed by atoms with E-state index >= 15 is 0 Å². The first-order valence-corrected chi connectivity index (χ1v) is 2.90. The van der Waals surface area contributed by atoms with E-state index in [9.17, 15) is 0 Å². The SMILES string of the molecule is CCCCCC=N.[Pt+4]. The van der Waals surface area contributed by atoms with Crippen LogP contribution in [0.15, 0.2) is 0 Å². The summed E-state index contributed by atoms with van der Waals surface area (Å²) in [5.41, 5.74) is 0. The minimum Gasteiger partial charge on any atom is -0.313 e. The number of hydrogen-bond donors (Lipinski definition) is 1. The summed E-state index contributed by atoms with van der Waals surface area (Å²) in [6.07, 6.45) is 6.17. The third kappa shape index (κ3) is 9.61. The third-order valence-corrected chi connectivity index (χ3v) is 0.952. The van der Waals surface area contributed by atoms with Crippen molar-refractivity contribution in [3.63, 3.8) is 0 Å². The summed E-state index contributed by atoms with van der Waals surface area (Å²) in [5.74, 6) is 0. The molecule has 0 atom stereocenters. The van der Waals surface area contributed by atoms with Crippen LogP contribution in [-0.2, 0) is 21.1 Å². The van der Waals surface area contributed by atoms with Crippen LogP contribution in [0.3, 0.4) is 0 Å². The molecular formula is C6H13NPt+4. The third-order valence-electron chi connectivity index (χ3n) is 0.952. The van der Waals surface area contributed by atoms with E-state index in [0.29, 0.717) is 0 Å². The zero-order valence-electron chi connectivity index (χ0n) is 5.22. The van der Waals surface area contributed by atoms with Crippen molar-refractivity contribution in [2.75, 3.05) is 0 Å². The van der Waals surface area contributed by atoms with Gasteiger partial charge in [0.05, 0.1) is 0 Å². The van der Waals surface area contributed by atoms with Gasteiger partial charge >= 0.3 is 21.1 Å². The van der Waals surface area contributed by atoms with Crippen molar-refractivity contribution in [3.8, 4) is 0 Å². The molecule has 0 aromatic heterocycles. The van der Waals surface area contributed by atoms with Gasteiger partial charge < -0.3 is 5.41 Å². The average molecular weight is 294 g/mol. The van der Waals surface area contributed by atoms with Gasteiger partial charge in [0.2, 0.25) is 0 Å². The minimum atomic E-state index is 0. The van der Waals surface area contributed by atoms with E-state index in [1.54, 1.807) is 0 Å². The Morgan fingerprint density at radius 3 is 2.38 bits per heavy atom. The van der Waals surface area contributed by atoms with Crippen LogP contribution < -0.4 is 0 Å². The summed E-state index contributed by atoms with van der Waals surface area (Å²) in [5, 5.41) is 6.66. The van der Waals surface area contributed by atoms with Gasteiger partial charge in [-0.3, -0.25) is 0 Å². The molecular weight excluding hydrogens is 281 g/mol. The minimum absolute atomic E-state index is 0. The standard InChI is InChI=1S/C6H13N.Pt/c1-2-3-4-5-6-7;/h6-7H,2-5H2,1H3;/q;+4. The van der Waals surface area contributed by atoms with Gasteiger partial charge in [0, 0.05) is 0 Å². The van der Waals surface area contributed by atoms with Crippen LogP contribution in [0.1, 0.15) is 32.6 Å². The van der Waals surface area contributed by atoms with E-state index in [4.69, 9.17) is 5.41 Å². The molecule has 48 valence electrons. The van der Waals surface area contributed by atoms with E-state index in [2.05, 4.69) is 6.92 Å². The maximum Gasteiger partial charge on any atom is 4.00 e. The van der Waals surface area contributed by atoms with Gasteiger partial charge in [0.15, 0.2) is 0 Å². The Kier molecular flexibility index (Phi) is 14.5. The van der Waals surface area contributed by atoms with Gasteiger partial charge in [-0.15, -0.1) is 0 Å². The molecule has 0 spiro atoms. The van der Waals surface area contributed by atoms with Crippen LogP contribution in [0, 0.1) is 5.41 Å². The summed E-state index contributed by atoms with van der Waals surface area (Å²) in [4.78, 5) is 0. The molecule has 0 aliphatic rings. The summed E-state index contributed by atoms with van der Waals surface area (Å²) >= 11 is 0. The maximum atomic E-state index is 6.66. The van der Waals surface area contributed by atoms with Gasteiger partial charge in [-0.2, -0.15) is 0 Å². The van der Waals surface area contributed by atoms with Crippen LogP contribution in [0.5, 0.6) is 0 Å². The van der Waals surface area contributed by atoms with Gasteiger partial charge in [-0.1, -0.05) is 19.8 Å². The average Bonchev–Trinajstić information content (AvgIpc) is 1.69. The Bertz CT molecular complexity index is 45.8. The molecule has 0 aromatic rings. The fraction of sp³-hybridized carbons (Fsp3) is 0.833. The number of nitrogens with one attached hydrogen (secondary N) is 1. The van der Waals surface area contributed by atoms with Crippen molar-refractivity contribution in [1.29, 1.82) is 5.41 Å². The topological polar surface area (TPSA) is 23.9 Å². The smallest absolute Gasteiger partial charge is 0.313 e. The normalized spacial score (nSPS) is 7.62. The molecule has 0 amide bonds. The van der Waals surface area contributed by atoms with Crippen molar-refractivity contribution >= 4 is 6.21 Å². The second-order valence-electron chi connectivity index (χ2n) is 1.70. The molecule has 0 radical (unpaired) electrons. The van der Waals surface area contributed by atoms with Crippen molar-refractivity contribution < 1.29 is 21.1 Å². The van der Waals surface area contributed by atoms with Crippen LogP contribution in [0.2, 0.25) is 0 Å². The molecule has 0 aliphatic heterocycles. The van der Waals surface area contributed by atoms with Crippen LogP contribution in [0.25, 0.3) is 0 Å². The molecule has 0 aromatic carbocycles. The van der Waals surface area contributed by atoms with E-state index in [1.807, 2.05) is 0 Å². The van der Waals surface area contributed by atoms with Crippen molar-refractivity contribution in [3.05, 3.63) is 0 Å². The molecule has 0 unspecified atom stereocenters. The zero-order valence-corrected chi connectivity index (χ0v) is 7.49.